The Morgan fingerprint density at radius 3 is 1.27 bits per heavy atom. The minimum atomic E-state index is 0.0848. The molecule has 2 fully saturated rings. The largest absolute Gasteiger partial charge is 0.352 e. The van der Waals surface area contributed by atoms with Crippen LogP contribution in [-0.2, 0) is 22.7 Å². The summed E-state index contributed by atoms with van der Waals surface area (Å²) in [5.74, 6) is 1.61. The van der Waals surface area contributed by atoms with Gasteiger partial charge in [0.2, 0.25) is 11.8 Å². The average molecular weight is 1000 g/mol. The Hall–Kier alpha value is -6.94. The van der Waals surface area contributed by atoms with Crippen molar-refractivity contribution in [3.63, 3.8) is 0 Å². The summed E-state index contributed by atoms with van der Waals surface area (Å²) >= 11 is 0. The summed E-state index contributed by atoms with van der Waals surface area (Å²) in [6.07, 6.45) is 35.0. The normalized spacial score (nSPS) is 16.0. The van der Waals surface area contributed by atoms with Crippen LogP contribution in [0, 0.1) is 23.7 Å². The van der Waals surface area contributed by atoms with Crippen LogP contribution < -0.4 is 10.6 Å². The Morgan fingerprint density at radius 1 is 0.480 bits per heavy atom. The van der Waals surface area contributed by atoms with Crippen LogP contribution in [0.3, 0.4) is 0 Å². The molecule has 0 saturated heterocycles. The molecule has 0 spiro atoms. The van der Waals surface area contributed by atoms with Crippen LogP contribution in [0.2, 0.25) is 0 Å². The van der Waals surface area contributed by atoms with E-state index in [1.807, 2.05) is 48.8 Å². The molecular weight excluding hydrogens is 925 g/mol. The number of nitrogens with zero attached hydrogens (tertiary/aromatic N) is 6. The van der Waals surface area contributed by atoms with E-state index in [-0.39, 0.29) is 23.7 Å². The number of hydrogen-bond acceptors (Lipinski definition) is 6. The second kappa shape index (κ2) is 27.0. The third-order valence-electron chi connectivity index (χ3n) is 16.4. The molecule has 0 bridgehead atoms. The number of carbonyl (C=O) groups is 2. The maximum absolute atomic E-state index is 13.5. The van der Waals surface area contributed by atoms with E-state index < -0.39 is 0 Å². The summed E-state index contributed by atoms with van der Waals surface area (Å²) in [4.78, 5) is 44.5. The van der Waals surface area contributed by atoms with Gasteiger partial charge in [-0.15, -0.1) is 0 Å². The molecule has 2 aliphatic carbocycles. The fraction of sp³-hybridized carbons (Fsp3) is 0.415. The van der Waals surface area contributed by atoms with Crippen molar-refractivity contribution >= 4 is 33.9 Å². The van der Waals surface area contributed by atoms with Crippen LogP contribution in [0.25, 0.3) is 44.3 Å². The first-order chi connectivity index (χ1) is 36.9. The Balaban J connectivity index is 0.000000184. The van der Waals surface area contributed by atoms with Gasteiger partial charge in [0.05, 0.1) is 0 Å². The first-order valence-electron chi connectivity index (χ1n) is 28.3. The highest BCUT2D eigenvalue weighted by molar-refractivity contribution is 5.95. The lowest BCUT2D eigenvalue weighted by atomic mass is 9.77. The van der Waals surface area contributed by atoms with Gasteiger partial charge in [0.1, 0.15) is 11.3 Å². The monoisotopic (exact) mass is 1000 g/mol. The predicted molar refractivity (Wildman–Crippen MR) is 304 cm³/mol. The minimum absolute atomic E-state index is 0.0848. The topological polar surface area (TPSA) is 120 Å². The van der Waals surface area contributed by atoms with Crippen molar-refractivity contribution in [2.75, 3.05) is 0 Å². The van der Waals surface area contributed by atoms with E-state index in [4.69, 9.17) is 9.97 Å². The van der Waals surface area contributed by atoms with Crippen molar-refractivity contribution in [1.29, 1.82) is 0 Å². The molecule has 2 amide bonds. The first kappa shape index (κ1) is 52.9. The predicted octanol–water partition coefficient (Wildman–Crippen LogP) is 15.1. The first-order valence-corrected chi connectivity index (χ1v) is 28.3. The lowest BCUT2D eigenvalue weighted by Crippen LogP contribution is -2.35. The fourth-order valence-corrected chi connectivity index (χ4v) is 12.1. The summed E-state index contributed by atoms with van der Waals surface area (Å²) < 4.78 is 4.67. The van der Waals surface area contributed by atoms with Gasteiger partial charge in [-0.3, -0.25) is 19.6 Å². The number of rotatable bonds is 20. The standard InChI is InChI=1S/C33H40N4O.C32H38N4O/c1-25(37-24-31(28-14-7-4-8-15-28)30-17-10-20-35-32(30)37)11-9-16-29(27-12-5-2-3-6-13-27)33(38)36-23-26-18-21-34-22-19-26;1-24(36-23-30(27-13-6-3-7-14-27)29-16-9-19-34-31(29)36)10-8-15-28(26-11-4-2-5-12-26)32(37)35-22-25-17-20-33-21-18-25/h4,7-8,10,14-15,17-22,24-25,27,29H,2-3,5-6,9,11-13,16,23H2,1H3,(H,36,38);3,6-7,9,13-14,16-21,23-24,26,28H,2,4-5,8,10-12,15,22H2,1H3,(H,35,37). The zero-order valence-corrected chi connectivity index (χ0v) is 44.4. The van der Waals surface area contributed by atoms with Crippen molar-refractivity contribution < 1.29 is 9.59 Å². The smallest absolute Gasteiger partial charge is 0.223 e. The van der Waals surface area contributed by atoms with E-state index in [0.29, 0.717) is 37.0 Å². The van der Waals surface area contributed by atoms with Crippen LogP contribution in [0.15, 0.2) is 159 Å². The molecule has 6 aromatic heterocycles. The molecule has 2 aliphatic rings. The molecule has 8 aromatic rings. The van der Waals surface area contributed by atoms with E-state index in [0.717, 1.165) is 60.9 Å². The number of carbonyl (C=O) groups excluding carboxylic acids is 2. The molecule has 10 heteroatoms. The van der Waals surface area contributed by atoms with Crippen molar-refractivity contribution in [2.24, 2.45) is 23.7 Å². The average Bonchev–Trinajstić information content (AvgIpc) is 3.95. The molecule has 2 aromatic carbocycles. The SMILES string of the molecule is CC(CCCC(C(=O)NCc1ccncc1)C1CCCCC1)n1cc(-c2ccccc2)c2cccnc21.CC(CCCC(C(=O)NCc1ccncc1)C1CCCCCC1)n1cc(-c2ccccc2)c2cccnc21. The summed E-state index contributed by atoms with van der Waals surface area (Å²) in [7, 11) is 0. The van der Waals surface area contributed by atoms with Gasteiger partial charge in [-0.2, -0.15) is 0 Å². The number of aromatic nitrogens is 6. The summed E-state index contributed by atoms with van der Waals surface area (Å²) in [6.45, 7) is 5.71. The lowest BCUT2D eigenvalue weighted by molar-refractivity contribution is -0.128. The molecule has 10 rings (SSSR count). The van der Waals surface area contributed by atoms with E-state index in [9.17, 15) is 9.59 Å². The second-order valence-corrected chi connectivity index (χ2v) is 21.5. The zero-order chi connectivity index (χ0) is 51.6. The van der Waals surface area contributed by atoms with Crippen LogP contribution in [0.4, 0.5) is 0 Å². The highest BCUT2D eigenvalue weighted by Gasteiger charge is 2.31. The number of pyridine rings is 4. The second-order valence-electron chi connectivity index (χ2n) is 21.5. The molecule has 0 radical (unpaired) electrons. The summed E-state index contributed by atoms with van der Waals surface area (Å²) in [6, 6.07) is 38.0. The van der Waals surface area contributed by atoms with Gasteiger partial charge in [0.25, 0.3) is 0 Å². The Bertz CT molecular complexity index is 2980. The van der Waals surface area contributed by atoms with Crippen LogP contribution >= 0.6 is 0 Å². The Labute approximate surface area is 445 Å². The van der Waals surface area contributed by atoms with Gasteiger partial charge in [-0.25, -0.2) is 9.97 Å². The van der Waals surface area contributed by atoms with E-state index in [2.05, 4.69) is 129 Å². The van der Waals surface area contributed by atoms with E-state index >= 15 is 0 Å². The number of benzene rings is 2. The number of nitrogens with one attached hydrogen (secondary N) is 2. The lowest BCUT2D eigenvalue weighted by Gasteiger charge is -2.30. The van der Waals surface area contributed by atoms with Gasteiger partial charge < -0.3 is 19.8 Å². The molecule has 10 nitrogen and oxygen atoms in total. The van der Waals surface area contributed by atoms with Gasteiger partial charge in [0.15, 0.2) is 0 Å². The van der Waals surface area contributed by atoms with Crippen molar-refractivity contribution in [3.8, 4) is 22.3 Å². The highest BCUT2D eigenvalue weighted by Crippen LogP contribution is 2.38. The van der Waals surface area contributed by atoms with Crippen LogP contribution in [0.5, 0.6) is 0 Å². The van der Waals surface area contributed by atoms with E-state index in [1.54, 1.807) is 24.8 Å². The molecule has 4 atom stereocenters. The van der Waals surface area contributed by atoms with Crippen LogP contribution in [-0.4, -0.2) is 40.9 Å². The molecule has 2 N–H and O–H groups in total. The molecular formula is C65H78N8O2. The molecule has 390 valence electrons. The van der Waals surface area contributed by atoms with Crippen molar-refractivity contribution in [1.82, 2.24) is 39.7 Å². The van der Waals surface area contributed by atoms with Gasteiger partial charge >= 0.3 is 0 Å². The molecule has 6 heterocycles. The van der Waals surface area contributed by atoms with Gasteiger partial charge in [-0.1, -0.05) is 118 Å². The maximum Gasteiger partial charge on any atom is 0.223 e. The van der Waals surface area contributed by atoms with Gasteiger partial charge in [0, 0.05) is 108 Å². The molecule has 0 aliphatic heterocycles. The molecule has 2 saturated carbocycles. The molecule has 75 heavy (non-hydrogen) atoms. The number of hydrogen-bond donors (Lipinski definition) is 2. The summed E-state index contributed by atoms with van der Waals surface area (Å²) in [5, 5.41) is 8.86. The summed E-state index contributed by atoms with van der Waals surface area (Å²) in [5.41, 5.74) is 9.16. The number of fused-ring (bicyclic) bond motifs is 2. The Kier molecular flexibility index (Phi) is 19.1. The Morgan fingerprint density at radius 2 is 0.867 bits per heavy atom. The fourth-order valence-electron chi connectivity index (χ4n) is 12.1. The van der Waals surface area contributed by atoms with Gasteiger partial charge in [-0.05, 0) is 148 Å². The third-order valence-corrected chi connectivity index (χ3v) is 16.4. The maximum atomic E-state index is 13.5. The van der Waals surface area contributed by atoms with E-state index in [1.165, 1.54) is 104 Å². The number of amides is 2. The quantitative estimate of drug-likeness (QED) is 0.0734. The van der Waals surface area contributed by atoms with Crippen molar-refractivity contribution in [2.45, 2.75) is 148 Å². The van der Waals surface area contributed by atoms with Crippen LogP contribution in [0.1, 0.15) is 146 Å². The molecule has 4 unspecified atom stereocenters. The third kappa shape index (κ3) is 14.1. The highest BCUT2D eigenvalue weighted by atomic mass is 16.2. The zero-order valence-electron chi connectivity index (χ0n) is 44.4. The minimum Gasteiger partial charge on any atom is -0.352 e. The van der Waals surface area contributed by atoms with Crippen molar-refractivity contribution in [3.05, 3.63) is 170 Å².